The maximum absolute atomic E-state index is 12.5. The Morgan fingerprint density at radius 1 is 1.00 bits per heavy atom. The van der Waals surface area contributed by atoms with Crippen molar-refractivity contribution in [3.05, 3.63) is 29.3 Å². The van der Waals surface area contributed by atoms with E-state index in [1.807, 2.05) is 0 Å². The van der Waals surface area contributed by atoms with Gasteiger partial charge in [0.05, 0.1) is 37.8 Å². The SMILES string of the molecule is COC(=O)c1cc(NC(=O)C[C@H]2N[C@H]3CCCC[C@H]3NC2=O)cc(C(=O)OC)c1. The molecule has 156 valence electrons. The van der Waals surface area contributed by atoms with Crippen molar-refractivity contribution < 1.29 is 28.7 Å². The zero-order valence-corrected chi connectivity index (χ0v) is 16.4. The van der Waals surface area contributed by atoms with Gasteiger partial charge in [0.15, 0.2) is 0 Å². The van der Waals surface area contributed by atoms with Gasteiger partial charge >= 0.3 is 11.9 Å². The molecular weight excluding hydrogens is 378 g/mol. The lowest BCUT2D eigenvalue weighted by molar-refractivity contribution is -0.129. The van der Waals surface area contributed by atoms with E-state index in [1.165, 1.54) is 32.4 Å². The van der Waals surface area contributed by atoms with Crippen molar-refractivity contribution in [2.75, 3.05) is 19.5 Å². The Bertz CT molecular complexity index is 790. The van der Waals surface area contributed by atoms with Crippen molar-refractivity contribution in [2.24, 2.45) is 0 Å². The fourth-order valence-corrected chi connectivity index (χ4v) is 3.84. The molecule has 1 saturated carbocycles. The van der Waals surface area contributed by atoms with Gasteiger partial charge in [-0.25, -0.2) is 9.59 Å². The minimum absolute atomic E-state index is 0.0644. The van der Waals surface area contributed by atoms with Crippen LogP contribution >= 0.6 is 0 Å². The molecule has 9 nitrogen and oxygen atoms in total. The molecule has 0 unspecified atom stereocenters. The number of anilines is 1. The van der Waals surface area contributed by atoms with E-state index in [0.29, 0.717) is 0 Å². The summed E-state index contributed by atoms with van der Waals surface area (Å²) in [5, 5.41) is 8.92. The Morgan fingerprint density at radius 2 is 1.59 bits per heavy atom. The summed E-state index contributed by atoms with van der Waals surface area (Å²) in [6.45, 7) is 0. The Hall–Kier alpha value is -2.94. The largest absolute Gasteiger partial charge is 0.465 e. The van der Waals surface area contributed by atoms with E-state index in [9.17, 15) is 19.2 Å². The molecule has 1 aliphatic carbocycles. The molecule has 2 aliphatic rings. The highest BCUT2D eigenvalue weighted by atomic mass is 16.5. The smallest absolute Gasteiger partial charge is 0.337 e. The molecule has 0 spiro atoms. The van der Waals surface area contributed by atoms with Crippen molar-refractivity contribution in [2.45, 2.75) is 50.2 Å². The summed E-state index contributed by atoms with van der Waals surface area (Å²) in [6.07, 6.45) is 4.03. The van der Waals surface area contributed by atoms with Crippen LogP contribution in [0.4, 0.5) is 5.69 Å². The number of hydrogen-bond donors (Lipinski definition) is 3. The lowest BCUT2D eigenvalue weighted by atomic mass is 9.87. The molecule has 3 N–H and O–H groups in total. The lowest BCUT2D eigenvalue weighted by Gasteiger charge is -2.40. The normalized spacial score (nSPS) is 23.4. The quantitative estimate of drug-likeness (QED) is 0.627. The second-order valence-electron chi connectivity index (χ2n) is 7.26. The molecule has 1 aromatic carbocycles. The number of ether oxygens (including phenoxy) is 2. The highest BCUT2D eigenvalue weighted by molar-refractivity contribution is 6.00. The summed E-state index contributed by atoms with van der Waals surface area (Å²) in [6, 6.07) is 3.80. The predicted molar refractivity (Wildman–Crippen MR) is 103 cm³/mol. The van der Waals surface area contributed by atoms with E-state index in [1.54, 1.807) is 0 Å². The summed E-state index contributed by atoms with van der Waals surface area (Å²) < 4.78 is 9.37. The van der Waals surface area contributed by atoms with Crippen LogP contribution in [0.25, 0.3) is 0 Å². The number of piperazine rings is 1. The van der Waals surface area contributed by atoms with Gasteiger partial charge in [-0.15, -0.1) is 0 Å². The van der Waals surface area contributed by atoms with E-state index in [0.717, 1.165) is 25.7 Å². The number of carbonyl (C=O) groups excluding carboxylic acids is 4. The summed E-state index contributed by atoms with van der Waals surface area (Å²) in [4.78, 5) is 48.6. The molecule has 3 rings (SSSR count). The summed E-state index contributed by atoms with van der Waals surface area (Å²) in [5.74, 6) is -1.91. The molecule has 1 heterocycles. The minimum atomic E-state index is -0.650. The van der Waals surface area contributed by atoms with Crippen LogP contribution in [0.5, 0.6) is 0 Å². The molecule has 2 amide bonds. The molecule has 0 aromatic heterocycles. The van der Waals surface area contributed by atoms with Gasteiger partial charge in [0.25, 0.3) is 0 Å². The summed E-state index contributed by atoms with van der Waals surface area (Å²) >= 11 is 0. The zero-order chi connectivity index (χ0) is 21.0. The molecule has 2 fully saturated rings. The second kappa shape index (κ2) is 9.04. The van der Waals surface area contributed by atoms with Crippen molar-refractivity contribution >= 4 is 29.4 Å². The third kappa shape index (κ3) is 4.92. The number of rotatable bonds is 5. The Labute approximate surface area is 168 Å². The molecule has 29 heavy (non-hydrogen) atoms. The van der Waals surface area contributed by atoms with Gasteiger partial charge in [0.2, 0.25) is 11.8 Å². The number of benzene rings is 1. The lowest BCUT2D eigenvalue weighted by Crippen LogP contribution is -2.65. The number of amides is 2. The van der Waals surface area contributed by atoms with Gasteiger partial charge in [-0.1, -0.05) is 12.8 Å². The molecule has 9 heteroatoms. The number of carbonyl (C=O) groups is 4. The Kier molecular flexibility index (Phi) is 6.48. The highest BCUT2D eigenvalue weighted by Crippen LogP contribution is 2.23. The van der Waals surface area contributed by atoms with Gasteiger partial charge in [-0.3, -0.25) is 9.59 Å². The first-order chi connectivity index (χ1) is 13.9. The third-order valence-corrected chi connectivity index (χ3v) is 5.27. The van der Waals surface area contributed by atoms with Crippen LogP contribution < -0.4 is 16.0 Å². The highest BCUT2D eigenvalue weighted by Gasteiger charge is 2.37. The summed E-state index contributed by atoms with van der Waals surface area (Å²) in [7, 11) is 2.44. The average Bonchev–Trinajstić information content (AvgIpc) is 2.72. The van der Waals surface area contributed by atoms with Gasteiger partial charge in [-0.2, -0.15) is 0 Å². The van der Waals surface area contributed by atoms with E-state index >= 15 is 0 Å². The first-order valence-electron chi connectivity index (χ1n) is 9.59. The standard InChI is InChI=1S/C20H25N3O6/c1-28-19(26)11-7-12(20(27)29-2)9-13(8-11)21-17(24)10-16-18(25)23-15-6-4-3-5-14(15)22-16/h7-9,14-16,22H,3-6,10H2,1-2H3,(H,21,24)(H,23,25)/t14-,15+,16+/m0/s1. The molecule has 3 atom stereocenters. The number of methoxy groups -OCH3 is 2. The van der Waals surface area contributed by atoms with Crippen molar-refractivity contribution in [1.29, 1.82) is 0 Å². The number of esters is 2. The molecule has 1 saturated heterocycles. The van der Waals surface area contributed by atoms with Crippen LogP contribution in [0.2, 0.25) is 0 Å². The second-order valence-corrected chi connectivity index (χ2v) is 7.26. The predicted octanol–water partition coefficient (Wildman–Crippen LogP) is 0.988. The van der Waals surface area contributed by atoms with Gasteiger partial charge in [0, 0.05) is 17.8 Å². The van der Waals surface area contributed by atoms with Gasteiger partial charge in [-0.05, 0) is 31.0 Å². The van der Waals surface area contributed by atoms with Crippen molar-refractivity contribution in [3.63, 3.8) is 0 Å². The van der Waals surface area contributed by atoms with Gasteiger partial charge in [0.1, 0.15) is 0 Å². The molecule has 0 radical (unpaired) electrons. The molecule has 1 aromatic rings. The monoisotopic (exact) mass is 403 g/mol. The number of nitrogens with one attached hydrogen (secondary N) is 3. The van der Waals surface area contributed by atoms with Crippen molar-refractivity contribution in [3.8, 4) is 0 Å². The maximum atomic E-state index is 12.5. The maximum Gasteiger partial charge on any atom is 0.337 e. The van der Waals surface area contributed by atoms with E-state index < -0.39 is 23.9 Å². The van der Waals surface area contributed by atoms with E-state index in [2.05, 4.69) is 25.4 Å². The minimum Gasteiger partial charge on any atom is -0.465 e. The fourth-order valence-electron chi connectivity index (χ4n) is 3.84. The Balaban J connectivity index is 1.70. The summed E-state index contributed by atoms with van der Waals surface area (Å²) in [5.41, 5.74) is 0.443. The van der Waals surface area contributed by atoms with Crippen LogP contribution in [0.15, 0.2) is 18.2 Å². The van der Waals surface area contributed by atoms with Gasteiger partial charge < -0.3 is 25.4 Å². The molecule has 0 bridgehead atoms. The van der Waals surface area contributed by atoms with E-state index in [4.69, 9.17) is 0 Å². The molecular formula is C20H25N3O6. The van der Waals surface area contributed by atoms with Crippen LogP contribution in [0, 0.1) is 0 Å². The van der Waals surface area contributed by atoms with Crippen LogP contribution in [-0.2, 0) is 19.1 Å². The van der Waals surface area contributed by atoms with Crippen LogP contribution in [0.3, 0.4) is 0 Å². The average molecular weight is 403 g/mol. The third-order valence-electron chi connectivity index (χ3n) is 5.27. The fraction of sp³-hybridized carbons (Fsp3) is 0.500. The number of fused-ring (bicyclic) bond motifs is 1. The number of hydrogen-bond acceptors (Lipinski definition) is 7. The Morgan fingerprint density at radius 3 is 2.17 bits per heavy atom. The van der Waals surface area contributed by atoms with Crippen LogP contribution in [-0.4, -0.2) is 56.1 Å². The van der Waals surface area contributed by atoms with Crippen molar-refractivity contribution in [1.82, 2.24) is 10.6 Å². The molecule has 1 aliphatic heterocycles. The van der Waals surface area contributed by atoms with E-state index in [-0.39, 0.29) is 41.2 Å². The topological polar surface area (TPSA) is 123 Å². The zero-order valence-electron chi connectivity index (χ0n) is 16.4. The first kappa shape index (κ1) is 20.8. The first-order valence-corrected chi connectivity index (χ1v) is 9.59. The van der Waals surface area contributed by atoms with Crippen LogP contribution in [0.1, 0.15) is 52.8 Å².